The number of benzene rings is 1. The minimum absolute atomic E-state index is 0.571. The maximum atomic E-state index is 5.80. The zero-order valence-electron chi connectivity index (χ0n) is 10.5. The molecule has 1 aromatic rings. The second kappa shape index (κ2) is 7.24. The molecule has 1 saturated heterocycles. The average molecular weight is 314 g/mol. The highest BCUT2D eigenvalue weighted by molar-refractivity contribution is 9.10. The van der Waals surface area contributed by atoms with E-state index in [-0.39, 0.29) is 0 Å². The monoisotopic (exact) mass is 313 g/mol. The van der Waals surface area contributed by atoms with Gasteiger partial charge in [-0.25, -0.2) is 0 Å². The summed E-state index contributed by atoms with van der Waals surface area (Å²) in [5, 5.41) is 0. The molecule has 0 spiro atoms. The summed E-state index contributed by atoms with van der Waals surface area (Å²) in [4.78, 5) is 0. The van der Waals surface area contributed by atoms with Crippen LogP contribution in [0.3, 0.4) is 0 Å². The molecule has 1 heterocycles. The normalized spacial score (nSPS) is 17.0. The number of hydrogen-bond donors (Lipinski definition) is 1. The third kappa shape index (κ3) is 4.05. The van der Waals surface area contributed by atoms with Crippen LogP contribution in [-0.4, -0.2) is 19.8 Å². The molecule has 1 fully saturated rings. The fourth-order valence-corrected chi connectivity index (χ4v) is 2.62. The van der Waals surface area contributed by atoms with Gasteiger partial charge in [0, 0.05) is 24.2 Å². The molecule has 0 atom stereocenters. The van der Waals surface area contributed by atoms with E-state index in [9.17, 15) is 0 Å². The van der Waals surface area contributed by atoms with Crippen molar-refractivity contribution in [1.29, 1.82) is 0 Å². The minimum atomic E-state index is 0.571. The Hall–Kier alpha value is -0.420. The summed E-state index contributed by atoms with van der Waals surface area (Å²) in [6.07, 6.45) is 2.24. The zero-order valence-corrected chi connectivity index (χ0v) is 12.1. The van der Waals surface area contributed by atoms with Gasteiger partial charge in [0.15, 0.2) is 0 Å². The number of ether oxygens (including phenoxy) is 2. The first-order valence-corrected chi connectivity index (χ1v) is 7.21. The lowest BCUT2D eigenvalue weighted by Crippen LogP contribution is -2.20. The average Bonchev–Trinajstić information content (AvgIpc) is 2.42. The van der Waals surface area contributed by atoms with E-state index >= 15 is 0 Å². The van der Waals surface area contributed by atoms with Crippen LogP contribution < -0.4 is 5.73 Å². The van der Waals surface area contributed by atoms with Gasteiger partial charge in [-0.1, -0.05) is 28.1 Å². The molecule has 0 bridgehead atoms. The molecule has 100 valence electrons. The molecule has 3 nitrogen and oxygen atoms in total. The van der Waals surface area contributed by atoms with Crippen LogP contribution in [0.4, 0.5) is 0 Å². The molecule has 1 aliphatic heterocycles. The Morgan fingerprint density at radius 3 is 2.78 bits per heavy atom. The first-order valence-electron chi connectivity index (χ1n) is 6.42. The third-order valence-electron chi connectivity index (χ3n) is 3.31. The first-order chi connectivity index (χ1) is 8.79. The van der Waals surface area contributed by atoms with Gasteiger partial charge in [-0.05, 0) is 36.0 Å². The summed E-state index contributed by atoms with van der Waals surface area (Å²) in [6.45, 7) is 3.81. The van der Waals surface area contributed by atoms with Crippen LogP contribution in [0.2, 0.25) is 0 Å². The lowest BCUT2D eigenvalue weighted by molar-refractivity contribution is 0.0156. The molecule has 2 N–H and O–H groups in total. The Balaban J connectivity index is 1.79. The van der Waals surface area contributed by atoms with Crippen molar-refractivity contribution in [3.8, 4) is 0 Å². The molecule has 0 saturated carbocycles. The molecule has 0 aromatic heterocycles. The smallest absolute Gasteiger partial charge is 0.0727 e. The van der Waals surface area contributed by atoms with E-state index < -0.39 is 0 Å². The van der Waals surface area contributed by atoms with E-state index in [0.29, 0.717) is 19.1 Å². The highest BCUT2D eigenvalue weighted by atomic mass is 79.9. The molecule has 18 heavy (non-hydrogen) atoms. The maximum absolute atomic E-state index is 5.80. The molecular formula is C14H20BrNO2. The van der Waals surface area contributed by atoms with Crippen LogP contribution in [0.25, 0.3) is 0 Å². The van der Waals surface area contributed by atoms with Crippen molar-refractivity contribution in [2.24, 2.45) is 11.7 Å². The number of rotatable bonds is 5. The molecule has 0 amide bonds. The molecule has 0 radical (unpaired) electrons. The van der Waals surface area contributed by atoms with Gasteiger partial charge in [-0.15, -0.1) is 0 Å². The molecular weight excluding hydrogens is 294 g/mol. The summed E-state index contributed by atoms with van der Waals surface area (Å²) >= 11 is 3.56. The lowest BCUT2D eigenvalue weighted by Gasteiger charge is -2.21. The number of hydrogen-bond acceptors (Lipinski definition) is 3. The zero-order chi connectivity index (χ0) is 12.8. The van der Waals surface area contributed by atoms with E-state index in [4.69, 9.17) is 15.2 Å². The fourth-order valence-electron chi connectivity index (χ4n) is 2.08. The number of nitrogens with two attached hydrogens (primary N) is 1. The third-order valence-corrected chi connectivity index (χ3v) is 4.04. The van der Waals surface area contributed by atoms with Crippen molar-refractivity contribution < 1.29 is 9.47 Å². The Kier molecular flexibility index (Phi) is 5.63. The Morgan fingerprint density at radius 2 is 2.11 bits per heavy atom. The molecule has 2 rings (SSSR count). The van der Waals surface area contributed by atoms with Crippen molar-refractivity contribution in [2.45, 2.75) is 26.0 Å². The van der Waals surface area contributed by atoms with Gasteiger partial charge in [0.2, 0.25) is 0 Å². The summed E-state index contributed by atoms with van der Waals surface area (Å²) in [6, 6.07) is 6.20. The summed E-state index contributed by atoms with van der Waals surface area (Å²) in [7, 11) is 0. The van der Waals surface area contributed by atoms with Crippen LogP contribution in [0.15, 0.2) is 22.7 Å². The summed E-state index contributed by atoms with van der Waals surface area (Å²) in [5.41, 5.74) is 7.92. The van der Waals surface area contributed by atoms with Crippen LogP contribution in [-0.2, 0) is 22.6 Å². The van der Waals surface area contributed by atoms with E-state index in [2.05, 4.69) is 34.1 Å². The van der Waals surface area contributed by atoms with E-state index in [1.807, 2.05) is 0 Å². The number of halogens is 1. The summed E-state index contributed by atoms with van der Waals surface area (Å²) < 4.78 is 12.2. The van der Waals surface area contributed by atoms with Crippen LogP contribution in [0, 0.1) is 5.92 Å². The highest BCUT2D eigenvalue weighted by Gasteiger charge is 2.13. The second-order valence-corrected chi connectivity index (χ2v) is 5.56. The van der Waals surface area contributed by atoms with Gasteiger partial charge in [0.1, 0.15) is 0 Å². The minimum Gasteiger partial charge on any atom is -0.381 e. The van der Waals surface area contributed by atoms with Crippen molar-refractivity contribution in [2.75, 3.05) is 19.8 Å². The van der Waals surface area contributed by atoms with Gasteiger partial charge >= 0.3 is 0 Å². The Bertz CT molecular complexity index is 378. The van der Waals surface area contributed by atoms with Crippen LogP contribution in [0.1, 0.15) is 24.0 Å². The standard InChI is InChI=1S/C14H20BrNO2/c15-14-7-12(8-16)1-2-13(14)10-18-9-11-3-5-17-6-4-11/h1-2,7,11H,3-6,8-10,16H2. The Labute approximate surface area is 117 Å². The SMILES string of the molecule is NCc1ccc(COCC2CCOCC2)c(Br)c1. The van der Waals surface area contributed by atoms with Crippen LogP contribution in [0.5, 0.6) is 0 Å². The van der Waals surface area contributed by atoms with Gasteiger partial charge < -0.3 is 15.2 Å². The van der Waals surface area contributed by atoms with Gasteiger partial charge in [-0.2, -0.15) is 0 Å². The van der Waals surface area contributed by atoms with Crippen molar-refractivity contribution in [3.05, 3.63) is 33.8 Å². The van der Waals surface area contributed by atoms with Crippen molar-refractivity contribution in [1.82, 2.24) is 0 Å². The fraction of sp³-hybridized carbons (Fsp3) is 0.571. The van der Waals surface area contributed by atoms with Crippen molar-refractivity contribution >= 4 is 15.9 Å². The highest BCUT2D eigenvalue weighted by Crippen LogP contribution is 2.21. The first kappa shape index (κ1) is 14.0. The molecule has 1 aliphatic rings. The lowest BCUT2D eigenvalue weighted by atomic mass is 10.0. The predicted octanol–water partition coefficient (Wildman–Crippen LogP) is 2.85. The van der Waals surface area contributed by atoms with E-state index in [1.165, 1.54) is 5.56 Å². The maximum Gasteiger partial charge on any atom is 0.0727 e. The second-order valence-electron chi connectivity index (χ2n) is 4.70. The Morgan fingerprint density at radius 1 is 1.33 bits per heavy atom. The van der Waals surface area contributed by atoms with E-state index in [0.717, 1.165) is 42.7 Å². The predicted molar refractivity (Wildman–Crippen MR) is 75.2 cm³/mol. The topological polar surface area (TPSA) is 44.5 Å². The van der Waals surface area contributed by atoms with E-state index in [1.54, 1.807) is 0 Å². The van der Waals surface area contributed by atoms with Gasteiger partial charge in [0.25, 0.3) is 0 Å². The van der Waals surface area contributed by atoms with Gasteiger partial charge in [0.05, 0.1) is 13.2 Å². The van der Waals surface area contributed by atoms with Crippen molar-refractivity contribution in [3.63, 3.8) is 0 Å². The summed E-state index contributed by atoms with van der Waals surface area (Å²) in [5.74, 6) is 0.654. The van der Waals surface area contributed by atoms with Crippen LogP contribution >= 0.6 is 15.9 Å². The molecule has 1 aromatic carbocycles. The largest absolute Gasteiger partial charge is 0.381 e. The molecule has 0 unspecified atom stereocenters. The molecule has 0 aliphatic carbocycles. The molecule has 4 heteroatoms. The van der Waals surface area contributed by atoms with Gasteiger partial charge in [-0.3, -0.25) is 0 Å². The quantitative estimate of drug-likeness (QED) is 0.909.